The fourth-order valence-corrected chi connectivity index (χ4v) is 4.76. The largest absolute Gasteiger partial charge is 0.341 e. The van der Waals surface area contributed by atoms with Crippen molar-refractivity contribution in [3.63, 3.8) is 0 Å². The highest BCUT2D eigenvalue weighted by atomic mass is 32.2. The minimum Gasteiger partial charge on any atom is -0.341 e. The van der Waals surface area contributed by atoms with Gasteiger partial charge in [-0.05, 0) is 30.7 Å². The highest BCUT2D eigenvalue weighted by Gasteiger charge is 2.28. The maximum absolute atomic E-state index is 13.1. The van der Waals surface area contributed by atoms with Gasteiger partial charge in [-0.25, -0.2) is 12.8 Å². The second kappa shape index (κ2) is 9.28. The number of hydrogen-bond donors (Lipinski definition) is 0. The second-order valence-electron chi connectivity index (χ2n) is 6.88. The van der Waals surface area contributed by atoms with E-state index in [1.54, 1.807) is 29.2 Å². The van der Waals surface area contributed by atoms with E-state index in [9.17, 15) is 22.4 Å². The van der Waals surface area contributed by atoms with Crippen molar-refractivity contribution in [1.29, 1.82) is 0 Å². The first-order valence-corrected chi connectivity index (χ1v) is 10.9. The molecule has 1 saturated heterocycles. The number of carbonyl (C=O) groups is 2. The molecule has 1 aliphatic heterocycles. The third-order valence-electron chi connectivity index (χ3n) is 4.92. The van der Waals surface area contributed by atoms with E-state index >= 15 is 0 Å². The quantitative estimate of drug-likeness (QED) is 0.676. The number of hydrogen-bond acceptors (Lipinski definition) is 4. The van der Waals surface area contributed by atoms with E-state index in [0.29, 0.717) is 18.5 Å². The van der Waals surface area contributed by atoms with E-state index in [4.69, 9.17) is 0 Å². The number of nitrogens with zero attached hydrogens (tertiary/aromatic N) is 2. The minimum absolute atomic E-state index is 0.0344. The van der Waals surface area contributed by atoms with Crippen LogP contribution in [0.5, 0.6) is 0 Å². The third-order valence-corrected chi connectivity index (χ3v) is 6.83. The molecule has 0 bridgehead atoms. The number of Topliss-reactive ketones (excluding diaryl/α,β-unsaturated/α-hetero) is 1. The molecule has 1 aliphatic rings. The zero-order valence-electron chi connectivity index (χ0n) is 16.0. The lowest BCUT2D eigenvalue weighted by atomic mass is 10.1. The predicted octanol–water partition coefficient (Wildman–Crippen LogP) is 2.71. The van der Waals surface area contributed by atoms with E-state index in [-0.39, 0.29) is 49.1 Å². The Morgan fingerprint density at radius 3 is 2.24 bits per heavy atom. The Labute approximate surface area is 170 Å². The van der Waals surface area contributed by atoms with Crippen LogP contribution in [0.25, 0.3) is 0 Å². The monoisotopic (exact) mass is 418 g/mol. The van der Waals surface area contributed by atoms with E-state index in [1.807, 2.05) is 6.07 Å². The van der Waals surface area contributed by atoms with Crippen molar-refractivity contribution in [2.75, 3.05) is 26.2 Å². The van der Waals surface area contributed by atoms with Gasteiger partial charge in [0, 0.05) is 44.6 Å². The summed E-state index contributed by atoms with van der Waals surface area (Å²) in [6, 6.07) is 13.5. The Hall–Kier alpha value is -2.58. The number of amides is 1. The third kappa shape index (κ3) is 5.27. The van der Waals surface area contributed by atoms with Gasteiger partial charge in [-0.1, -0.05) is 30.3 Å². The highest BCUT2D eigenvalue weighted by Crippen LogP contribution is 2.18. The summed E-state index contributed by atoms with van der Waals surface area (Å²) in [4.78, 5) is 26.3. The summed E-state index contributed by atoms with van der Waals surface area (Å²) in [5.41, 5.74) is 0.577. The molecule has 0 aromatic heterocycles. The molecule has 2 aromatic carbocycles. The fraction of sp³-hybridized carbons (Fsp3) is 0.333. The number of sulfonamides is 1. The molecule has 1 fully saturated rings. The smallest absolute Gasteiger partial charge is 0.243 e. The summed E-state index contributed by atoms with van der Waals surface area (Å²) in [6.45, 7) is 1.15. The summed E-state index contributed by atoms with van der Waals surface area (Å²) in [5, 5.41) is 0. The molecular formula is C21H23FN2O4S. The summed E-state index contributed by atoms with van der Waals surface area (Å²) in [6.07, 6.45) is 0.716. The van der Waals surface area contributed by atoms with E-state index in [2.05, 4.69) is 0 Å². The van der Waals surface area contributed by atoms with Crippen LogP contribution in [-0.2, 0) is 14.8 Å². The number of carbonyl (C=O) groups excluding carboxylic acids is 2. The summed E-state index contributed by atoms with van der Waals surface area (Å²) < 4.78 is 39.9. The normalized spacial score (nSPS) is 15.7. The minimum atomic E-state index is -3.74. The topological polar surface area (TPSA) is 74.8 Å². The number of ketones is 1. The average Bonchev–Trinajstić information content (AvgIpc) is 2.99. The summed E-state index contributed by atoms with van der Waals surface area (Å²) in [5.74, 6) is -0.744. The Kier molecular flexibility index (Phi) is 6.76. The molecule has 0 unspecified atom stereocenters. The van der Waals surface area contributed by atoms with Crippen LogP contribution in [0.2, 0.25) is 0 Å². The molecule has 8 heteroatoms. The summed E-state index contributed by atoms with van der Waals surface area (Å²) >= 11 is 0. The number of rotatable bonds is 6. The Balaban J connectivity index is 1.57. The molecule has 2 aromatic rings. The fourth-order valence-electron chi connectivity index (χ4n) is 3.29. The lowest BCUT2D eigenvalue weighted by Crippen LogP contribution is -2.37. The highest BCUT2D eigenvalue weighted by molar-refractivity contribution is 7.89. The van der Waals surface area contributed by atoms with E-state index in [0.717, 1.165) is 12.1 Å². The maximum Gasteiger partial charge on any atom is 0.243 e. The van der Waals surface area contributed by atoms with Crippen molar-refractivity contribution in [3.05, 3.63) is 66.0 Å². The lowest BCUT2D eigenvalue weighted by Gasteiger charge is -2.22. The van der Waals surface area contributed by atoms with Crippen LogP contribution >= 0.6 is 0 Å². The van der Waals surface area contributed by atoms with Crippen molar-refractivity contribution in [2.24, 2.45) is 0 Å². The van der Waals surface area contributed by atoms with E-state index < -0.39 is 15.8 Å². The van der Waals surface area contributed by atoms with Crippen molar-refractivity contribution in [3.8, 4) is 0 Å². The van der Waals surface area contributed by atoms with Gasteiger partial charge < -0.3 is 4.90 Å². The van der Waals surface area contributed by atoms with Crippen LogP contribution in [-0.4, -0.2) is 55.5 Å². The van der Waals surface area contributed by atoms with Crippen LogP contribution in [0.1, 0.15) is 29.6 Å². The average molecular weight is 418 g/mol. The first-order chi connectivity index (χ1) is 13.9. The van der Waals surface area contributed by atoms with Crippen molar-refractivity contribution >= 4 is 21.7 Å². The van der Waals surface area contributed by atoms with Crippen LogP contribution in [0, 0.1) is 5.82 Å². The molecule has 154 valence electrons. The molecule has 1 heterocycles. The van der Waals surface area contributed by atoms with Gasteiger partial charge >= 0.3 is 0 Å². The molecule has 6 nitrogen and oxygen atoms in total. The van der Waals surface area contributed by atoms with Crippen LogP contribution < -0.4 is 0 Å². The van der Waals surface area contributed by atoms with Crippen LogP contribution in [0.3, 0.4) is 0 Å². The first kappa shape index (κ1) is 21.1. The van der Waals surface area contributed by atoms with Gasteiger partial charge in [0.1, 0.15) is 5.82 Å². The predicted molar refractivity (Wildman–Crippen MR) is 106 cm³/mol. The van der Waals surface area contributed by atoms with Gasteiger partial charge in [0.15, 0.2) is 5.78 Å². The van der Waals surface area contributed by atoms with E-state index in [1.165, 1.54) is 16.4 Å². The Morgan fingerprint density at radius 2 is 1.55 bits per heavy atom. The number of benzene rings is 2. The Morgan fingerprint density at radius 1 is 0.862 bits per heavy atom. The standard InChI is InChI=1S/C21H23FN2O4S/c22-18-7-9-19(10-8-18)29(27,28)24-14-4-13-23(15-16-24)21(26)12-11-20(25)17-5-2-1-3-6-17/h1-3,5-10H,4,11-16H2. The van der Waals surface area contributed by atoms with Gasteiger partial charge in [-0.3, -0.25) is 9.59 Å². The van der Waals surface area contributed by atoms with Crippen LogP contribution in [0.15, 0.2) is 59.5 Å². The molecule has 29 heavy (non-hydrogen) atoms. The molecule has 1 amide bonds. The first-order valence-electron chi connectivity index (χ1n) is 9.49. The molecule has 0 saturated carbocycles. The molecule has 0 N–H and O–H groups in total. The molecule has 3 rings (SSSR count). The molecule has 0 radical (unpaired) electrons. The molecule has 0 spiro atoms. The molecule has 0 atom stereocenters. The molecule has 0 aliphatic carbocycles. The van der Waals surface area contributed by atoms with Gasteiger partial charge in [0.2, 0.25) is 15.9 Å². The van der Waals surface area contributed by atoms with Gasteiger partial charge in [-0.15, -0.1) is 0 Å². The zero-order valence-corrected chi connectivity index (χ0v) is 16.8. The van der Waals surface area contributed by atoms with Crippen molar-refractivity contribution in [1.82, 2.24) is 9.21 Å². The Bertz CT molecular complexity index is 962. The van der Waals surface area contributed by atoms with Crippen LogP contribution in [0.4, 0.5) is 4.39 Å². The van der Waals surface area contributed by atoms with Gasteiger partial charge in [-0.2, -0.15) is 4.31 Å². The summed E-state index contributed by atoms with van der Waals surface area (Å²) in [7, 11) is -3.74. The zero-order chi connectivity index (χ0) is 20.9. The second-order valence-corrected chi connectivity index (χ2v) is 8.82. The van der Waals surface area contributed by atoms with Gasteiger partial charge in [0.25, 0.3) is 0 Å². The lowest BCUT2D eigenvalue weighted by molar-refractivity contribution is -0.131. The SMILES string of the molecule is O=C(CCC(=O)N1CCCN(S(=O)(=O)c2ccc(F)cc2)CC1)c1ccccc1. The van der Waals surface area contributed by atoms with Crippen molar-refractivity contribution in [2.45, 2.75) is 24.2 Å². The van der Waals surface area contributed by atoms with Crippen molar-refractivity contribution < 1.29 is 22.4 Å². The van der Waals surface area contributed by atoms with Gasteiger partial charge in [0.05, 0.1) is 4.90 Å². The maximum atomic E-state index is 13.1. The molecular weight excluding hydrogens is 395 g/mol. The number of halogens is 1.